The molecule has 1 N–H and O–H groups in total. The molecule has 1 aromatic heterocycles. The van der Waals surface area contributed by atoms with Crippen LogP contribution in [-0.4, -0.2) is 34.5 Å². The fraction of sp³-hybridized carbons (Fsp3) is 0.714. The quantitative estimate of drug-likeness (QED) is 0.668. The van der Waals surface area contributed by atoms with Gasteiger partial charge in [-0.25, -0.2) is 4.98 Å². The Hall–Kier alpha value is -0.680. The summed E-state index contributed by atoms with van der Waals surface area (Å²) in [4.78, 5) is 6.60. The summed E-state index contributed by atoms with van der Waals surface area (Å²) < 4.78 is 4.02. The number of piperazine rings is 1. The van der Waals surface area contributed by atoms with Crippen molar-refractivity contribution in [3.05, 3.63) is 6.33 Å². The Kier molecular flexibility index (Phi) is 1.36. The first kappa shape index (κ1) is 6.80. The van der Waals surface area contributed by atoms with Gasteiger partial charge in [0, 0.05) is 36.7 Å². The zero-order valence-electron chi connectivity index (χ0n) is 6.60. The molecule has 2 saturated heterocycles. The second-order valence-electron chi connectivity index (χ2n) is 3.37. The number of nitrogens with zero attached hydrogens (tertiary/aromatic N) is 3. The lowest BCUT2D eigenvalue weighted by Gasteiger charge is -2.26. The van der Waals surface area contributed by atoms with E-state index < -0.39 is 0 Å². The summed E-state index contributed by atoms with van der Waals surface area (Å²) in [5.41, 5.74) is 0. The van der Waals surface area contributed by atoms with E-state index in [0.29, 0.717) is 12.1 Å². The number of hydrogen-bond donors (Lipinski definition) is 1. The summed E-state index contributed by atoms with van der Waals surface area (Å²) in [6, 6.07) is 1.36. The van der Waals surface area contributed by atoms with Crippen LogP contribution in [-0.2, 0) is 0 Å². The largest absolute Gasteiger partial charge is 0.341 e. The van der Waals surface area contributed by atoms with Gasteiger partial charge in [-0.05, 0) is 6.42 Å². The van der Waals surface area contributed by atoms with Crippen molar-refractivity contribution in [2.45, 2.75) is 18.5 Å². The van der Waals surface area contributed by atoms with E-state index in [1.807, 2.05) is 0 Å². The standard InChI is InChI=1S/C7H10N4S/c1-5-3-11(6(1)2-8-5)7-9-4-10-12-7/h4-6,8H,1-3H2/t5?,6-/m0/s1. The van der Waals surface area contributed by atoms with Gasteiger partial charge in [0.2, 0.25) is 5.13 Å². The summed E-state index contributed by atoms with van der Waals surface area (Å²) >= 11 is 1.50. The molecule has 5 heteroatoms. The van der Waals surface area contributed by atoms with Crippen LogP contribution in [0.2, 0.25) is 0 Å². The highest BCUT2D eigenvalue weighted by atomic mass is 32.1. The Morgan fingerprint density at radius 2 is 2.67 bits per heavy atom. The third-order valence-electron chi connectivity index (χ3n) is 2.65. The molecule has 3 heterocycles. The van der Waals surface area contributed by atoms with Crippen molar-refractivity contribution in [3.63, 3.8) is 0 Å². The summed E-state index contributed by atoms with van der Waals surface area (Å²) in [5.74, 6) is 0. The van der Waals surface area contributed by atoms with Crippen LogP contribution in [0.15, 0.2) is 6.33 Å². The number of aromatic nitrogens is 2. The zero-order valence-corrected chi connectivity index (χ0v) is 7.42. The minimum absolute atomic E-state index is 0.669. The van der Waals surface area contributed by atoms with Crippen molar-refractivity contribution in [1.82, 2.24) is 14.7 Å². The van der Waals surface area contributed by atoms with Crippen molar-refractivity contribution < 1.29 is 0 Å². The molecule has 2 fully saturated rings. The van der Waals surface area contributed by atoms with E-state index in [1.165, 1.54) is 18.0 Å². The molecule has 2 bridgehead atoms. The molecule has 4 nitrogen and oxygen atoms in total. The van der Waals surface area contributed by atoms with Crippen LogP contribution in [0.3, 0.4) is 0 Å². The topological polar surface area (TPSA) is 41.1 Å². The van der Waals surface area contributed by atoms with Crippen LogP contribution < -0.4 is 10.2 Å². The lowest BCUT2D eigenvalue weighted by Crippen LogP contribution is -2.43. The molecule has 2 atom stereocenters. The molecule has 64 valence electrons. The molecule has 2 aliphatic heterocycles. The SMILES string of the molecule is c1nsc(N2CC3C[C@H]2CN3)n1. The van der Waals surface area contributed by atoms with Crippen LogP contribution in [0.5, 0.6) is 0 Å². The Labute approximate surface area is 74.8 Å². The normalized spacial score (nSPS) is 33.2. The molecule has 0 aromatic carbocycles. The van der Waals surface area contributed by atoms with Gasteiger partial charge in [-0.1, -0.05) is 0 Å². The average Bonchev–Trinajstić information content (AvgIpc) is 2.81. The maximum absolute atomic E-state index is 4.22. The van der Waals surface area contributed by atoms with Crippen molar-refractivity contribution in [3.8, 4) is 0 Å². The first-order valence-electron chi connectivity index (χ1n) is 4.20. The molecule has 3 rings (SSSR count). The molecule has 0 spiro atoms. The highest BCUT2D eigenvalue weighted by Gasteiger charge is 2.38. The average molecular weight is 182 g/mol. The van der Waals surface area contributed by atoms with Gasteiger partial charge in [0.1, 0.15) is 6.33 Å². The molecule has 1 unspecified atom stereocenters. The second-order valence-corrected chi connectivity index (χ2v) is 4.13. The van der Waals surface area contributed by atoms with Crippen LogP contribution >= 0.6 is 11.5 Å². The van der Waals surface area contributed by atoms with Gasteiger partial charge >= 0.3 is 0 Å². The third kappa shape index (κ3) is 0.864. The van der Waals surface area contributed by atoms with Gasteiger partial charge < -0.3 is 10.2 Å². The van der Waals surface area contributed by atoms with E-state index in [-0.39, 0.29) is 0 Å². The number of anilines is 1. The second kappa shape index (κ2) is 2.40. The Bertz CT molecular complexity index is 273. The van der Waals surface area contributed by atoms with Gasteiger partial charge in [0.05, 0.1) is 0 Å². The van der Waals surface area contributed by atoms with E-state index in [9.17, 15) is 0 Å². The highest BCUT2D eigenvalue weighted by molar-refractivity contribution is 7.09. The summed E-state index contributed by atoms with van der Waals surface area (Å²) in [7, 11) is 0. The molecule has 0 aliphatic carbocycles. The Morgan fingerprint density at radius 3 is 3.25 bits per heavy atom. The lowest BCUT2D eigenvalue weighted by atomic mass is 10.2. The van der Waals surface area contributed by atoms with Crippen LogP contribution in [0.25, 0.3) is 0 Å². The van der Waals surface area contributed by atoms with E-state index in [2.05, 4.69) is 19.6 Å². The first-order valence-corrected chi connectivity index (χ1v) is 4.97. The first-order chi connectivity index (χ1) is 5.93. The predicted molar refractivity (Wildman–Crippen MR) is 47.5 cm³/mol. The molecule has 12 heavy (non-hydrogen) atoms. The van der Waals surface area contributed by atoms with Crippen molar-refractivity contribution in [1.29, 1.82) is 0 Å². The molecule has 0 amide bonds. The lowest BCUT2D eigenvalue weighted by molar-refractivity contribution is 0.579. The van der Waals surface area contributed by atoms with Crippen LogP contribution in [0.4, 0.5) is 5.13 Å². The van der Waals surface area contributed by atoms with Crippen molar-refractivity contribution >= 4 is 16.7 Å². The Balaban J connectivity index is 1.87. The fourth-order valence-corrected chi connectivity index (χ4v) is 2.70. The number of rotatable bonds is 1. The maximum atomic E-state index is 4.22. The minimum atomic E-state index is 0.669. The van der Waals surface area contributed by atoms with Gasteiger partial charge in [0.25, 0.3) is 0 Å². The third-order valence-corrected chi connectivity index (χ3v) is 3.35. The van der Waals surface area contributed by atoms with Crippen molar-refractivity contribution in [2.24, 2.45) is 0 Å². The monoisotopic (exact) mass is 182 g/mol. The minimum Gasteiger partial charge on any atom is -0.341 e. The smallest absolute Gasteiger partial charge is 0.205 e. The van der Waals surface area contributed by atoms with Gasteiger partial charge in [-0.3, -0.25) is 0 Å². The van der Waals surface area contributed by atoms with E-state index in [4.69, 9.17) is 0 Å². The molecule has 2 aliphatic rings. The number of fused-ring (bicyclic) bond motifs is 2. The van der Waals surface area contributed by atoms with Crippen molar-refractivity contribution in [2.75, 3.05) is 18.0 Å². The van der Waals surface area contributed by atoms with E-state index >= 15 is 0 Å². The summed E-state index contributed by atoms with van der Waals surface area (Å²) in [6.07, 6.45) is 2.92. The van der Waals surface area contributed by atoms with Crippen LogP contribution in [0, 0.1) is 0 Å². The van der Waals surface area contributed by atoms with Gasteiger partial charge in [0.15, 0.2) is 0 Å². The Morgan fingerprint density at radius 1 is 1.67 bits per heavy atom. The van der Waals surface area contributed by atoms with E-state index in [1.54, 1.807) is 6.33 Å². The molecule has 1 aromatic rings. The highest BCUT2D eigenvalue weighted by Crippen LogP contribution is 2.29. The molecular formula is C7H10N4S. The maximum Gasteiger partial charge on any atom is 0.205 e. The van der Waals surface area contributed by atoms with E-state index in [0.717, 1.165) is 18.2 Å². The van der Waals surface area contributed by atoms with Crippen LogP contribution in [0.1, 0.15) is 6.42 Å². The number of nitrogens with one attached hydrogen (secondary N) is 1. The van der Waals surface area contributed by atoms with Gasteiger partial charge in [-0.15, -0.1) is 0 Å². The molecule has 0 saturated carbocycles. The van der Waals surface area contributed by atoms with Gasteiger partial charge in [-0.2, -0.15) is 4.37 Å². The summed E-state index contributed by atoms with van der Waals surface area (Å²) in [5, 5.41) is 4.55. The molecular weight excluding hydrogens is 172 g/mol. The fourth-order valence-electron chi connectivity index (χ4n) is 2.09. The number of hydrogen-bond acceptors (Lipinski definition) is 5. The summed E-state index contributed by atoms with van der Waals surface area (Å²) in [6.45, 7) is 2.23. The molecule has 0 radical (unpaired) electrons. The predicted octanol–water partition coefficient (Wildman–Crippen LogP) is 0.0886. The zero-order chi connectivity index (χ0) is 7.97.